The van der Waals surface area contributed by atoms with Crippen molar-refractivity contribution in [2.75, 3.05) is 11.9 Å². The summed E-state index contributed by atoms with van der Waals surface area (Å²) in [6.45, 7) is 5.07. The van der Waals surface area contributed by atoms with Gasteiger partial charge in [-0.3, -0.25) is 4.98 Å². The molecular formula is C16H19ClN2O. The van der Waals surface area contributed by atoms with E-state index in [9.17, 15) is 0 Å². The highest BCUT2D eigenvalue weighted by Gasteiger charge is 2.29. The van der Waals surface area contributed by atoms with Crippen molar-refractivity contribution >= 4 is 28.2 Å². The van der Waals surface area contributed by atoms with Gasteiger partial charge in [0.15, 0.2) is 0 Å². The van der Waals surface area contributed by atoms with Gasteiger partial charge in [0.25, 0.3) is 0 Å². The Hall–Kier alpha value is -1.32. The number of hydrogen-bond acceptors (Lipinski definition) is 3. The van der Waals surface area contributed by atoms with Crippen LogP contribution in [0.4, 0.5) is 5.69 Å². The largest absolute Gasteiger partial charge is 0.380 e. The predicted octanol–water partition coefficient (Wildman–Crippen LogP) is 4.26. The fourth-order valence-corrected chi connectivity index (χ4v) is 3.04. The van der Waals surface area contributed by atoms with Crippen molar-refractivity contribution in [2.24, 2.45) is 0 Å². The molecule has 0 aliphatic carbocycles. The van der Waals surface area contributed by atoms with Gasteiger partial charge in [-0.1, -0.05) is 11.6 Å². The van der Waals surface area contributed by atoms with Gasteiger partial charge in [0, 0.05) is 24.2 Å². The molecule has 1 unspecified atom stereocenters. The quantitative estimate of drug-likeness (QED) is 0.897. The normalized spacial score (nSPS) is 21.9. The highest BCUT2D eigenvalue weighted by molar-refractivity contribution is 6.35. The van der Waals surface area contributed by atoms with Crippen LogP contribution >= 0.6 is 11.6 Å². The van der Waals surface area contributed by atoms with Crippen molar-refractivity contribution in [3.05, 3.63) is 35.5 Å². The SMILES string of the molecule is CC1(C)CC(Nc2ccc(Cl)c3cccnc23)CCO1. The molecule has 1 aromatic heterocycles. The third kappa shape index (κ3) is 2.74. The van der Waals surface area contributed by atoms with E-state index in [1.165, 1.54) is 0 Å². The summed E-state index contributed by atoms with van der Waals surface area (Å²) >= 11 is 6.23. The third-order valence-electron chi connectivity index (χ3n) is 3.77. The zero-order valence-corrected chi connectivity index (χ0v) is 12.6. The molecule has 0 bridgehead atoms. The van der Waals surface area contributed by atoms with Gasteiger partial charge in [-0.05, 0) is 51.0 Å². The van der Waals surface area contributed by atoms with E-state index < -0.39 is 0 Å². The average molecular weight is 291 g/mol. The third-order valence-corrected chi connectivity index (χ3v) is 4.10. The number of fused-ring (bicyclic) bond motifs is 1. The van der Waals surface area contributed by atoms with Gasteiger partial charge in [-0.25, -0.2) is 0 Å². The molecule has 1 saturated heterocycles. The maximum Gasteiger partial charge on any atom is 0.0948 e. The minimum absolute atomic E-state index is 0.0639. The molecule has 0 saturated carbocycles. The number of nitrogens with one attached hydrogen (secondary N) is 1. The van der Waals surface area contributed by atoms with E-state index in [0.29, 0.717) is 6.04 Å². The Morgan fingerprint density at radius 3 is 3.00 bits per heavy atom. The molecule has 2 aromatic rings. The molecule has 0 amide bonds. The lowest BCUT2D eigenvalue weighted by atomic mass is 9.93. The minimum Gasteiger partial charge on any atom is -0.380 e. The summed E-state index contributed by atoms with van der Waals surface area (Å²) < 4.78 is 5.76. The van der Waals surface area contributed by atoms with E-state index in [2.05, 4.69) is 24.1 Å². The maximum atomic E-state index is 6.23. The molecule has 3 rings (SSSR count). The Kier molecular flexibility index (Phi) is 3.57. The monoisotopic (exact) mass is 290 g/mol. The second-order valence-electron chi connectivity index (χ2n) is 5.94. The van der Waals surface area contributed by atoms with E-state index in [4.69, 9.17) is 16.3 Å². The van der Waals surface area contributed by atoms with Gasteiger partial charge in [0.1, 0.15) is 0 Å². The molecule has 1 aromatic carbocycles. The maximum absolute atomic E-state index is 6.23. The number of hydrogen-bond donors (Lipinski definition) is 1. The molecule has 106 valence electrons. The second-order valence-corrected chi connectivity index (χ2v) is 6.34. The molecular weight excluding hydrogens is 272 g/mol. The number of anilines is 1. The van der Waals surface area contributed by atoms with E-state index in [0.717, 1.165) is 41.1 Å². The number of aromatic nitrogens is 1. The van der Waals surface area contributed by atoms with Gasteiger partial charge in [-0.15, -0.1) is 0 Å². The van der Waals surface area contributed by atoms with Crippen molar-refractivity contribution in [3.8, 4) is 0 Å². The molecule has 0 radical (unpaired) electrons. The highest BCUT2D eigenvalue weighted by atomic mass is 35.5. The number of ether oxygens (including phenoxy) is 1. The van der Waals surface area contributed by atoms with E-state index in [1.807, 2.05) is 24.3 Å². The van der Waals surface area contributed by atoms with Crippen LogP contribution in [0.3, 0.4) is 0 Å². The Bertz CT molecular complexity index is 627. The first kappa shape index (κ1) is 13.7. The minimum atomic E-state index is -0.0639. The van der Waals surface area contributed by atoms with Crippen LogP contribution < -0.4 is 5.32 Å². The van der Waals surface area contributed by atoms with Crippen LogP contribution in [-0.4, -0.2) is 23.2 Å². The first-order chi connectivity index (χ1) is 9.55. The number of benzene rings is 1. The Morgan fingerprint density at radius 1 is 1.35 bits per heavy atom. The fraction of sp³-hybridized carbons (Fsp3) is 0.438. The lowest BCUT2D eigenvalue weighted by molar-refractivity contribution is -0.0553. The van der Waals surface area contributed by atoms with Gasteiger partial charge in [0.2, 0.25) is 0 Å². The van der Waals surface area contributed by atoms with Gasteiger partial charge >= 0.3 is 0 Å². The Labute approximate surface area is 124 Å². The zero-order valence-electron chi connectivity index (χ0n) is 11.8. The molecule has 1 fully saturated rings. The van der Waals surface area contributed by atoms with E-state index in [-0.39, 0.29) is 5.60 Å². The summed E-state index contributed by atoms with van der Waals surface area (Å²) in [6.07, 6.45) is 3.81. The molecule has 1 aliphatic heterocycles. The summed E-state index contributed by atoms with van der Waals surface area (Å²) in [6, 6.07) is 8.27. The van der Waals surface area contributed by atoms with Crippen molar-refractivity contribution in [2.45, 2.75) is 38.3 Å². The van der Waals surface area contributed by atoms with Crippen LogP contribution in [0, 0.1) is 0 Å². The molecule has 0 spiro atoms. The van der Waals surface area contributed by atoms with Crippen molar-refractivity contribution in [1.82, 2.24) is 4.98 Å². The fourth-order valence-electron chi connectivity index (χ4n) is 2.83. The van der Waals surface area contributed by atoms with Crippen LogP contribution in [0.15, 0.2) is 30.5 Å². The highest BCUT2D eigenvalue weighted by Crippen LogP contribution is 2.31. The number of rotatable bonds is 2. The lowest BCUT2D eigenvalue weighted by Crippen LogP contribution is -2.40. The molecule has 1 atom stereocenters. The van der Waals surface area contributed by atoms with Crippen LogP contribution in [0.2, 0.25) is 5.02 Å². The lowest BCUT2D eigenvalue weighted by Gasteiger charge is -2.36. The second kappa shape index (κ2) is 5.23. The first-order valence-electron chi connectivity index (χ1n) is 6.99. The predicted molar refractivity (Wildman–Crippen MR) is 83.4 cm³/mol. The summed E-state index contributed by atoms with van der Waals surface area (Å²) in [5.74, 6) is 0. The average Bonchev–Trinajstić information content (AvgIpc) is 2.41. The van der Waals surface area contributed by atoms with E-state index >= 15 is 0 Å². The molecule has 2 heterocycles. The van der Waals surface area contributed by atoms with Crippen molar-refractivity contribution < 1.29 is 4.74 Å². The summed E-state index contributed by atoms with van der Waals surface area (Å²) in [7, 11) is 0. The van der Waals surface area contributed by atoms with Gasteiger partial charge < -0.3 is 10.1 Å². The molecule has 20 heavy (non-hydrogen) atoms. The van der Waals surface area contributed by atoms with Crippen LogP contribution in [-0.2, 0) is 4.74 Å². The number of pyridine rings is 1. The Balaban J connectivity index is 1.90. The number of nitrogens with zero attached hydrogens (tertiary/aromatic N) is 1. The molecule has 3 nitrogen and oxygen atoms in total. The standard InChI is InChI=1S/C16H19ClN2O/c1-16(2)10-11(7-9-20-16)19-14-6-5-13(17)12-4-3-8-18-15(12)14/h3-6,8,11,19H,7,9-10H2,1-2H3. The summed E-state index contributed by atoms with van der Waals surface area (Å²) in [5, 5.41) is 5.34. The zero-order chi connectivity index (χ0) is 14.2. The summed E-state index contributed by atoms with van der Waals surface area (Å²) in [5.41, 5.74) is 1.92. The smallest absolute Gasteiger partial charge is 0.0948 e. The first-order valence-corrected chi connectivity index (χ1v) is 7.37. The molecule has 1 aliphatic rings. The van der Waals surface area contributed by atoms with Crippen LogP contribution in [0.1, 0.15) is 26.7 Å². The topological polar surface area (TPSA) is 34.2 Å². The van der Waals surface area contributed by atoms with Crippen LogP contribution in [0.5, 0.6) is 0 Å². The molecule has 4 heteroatoms. The molecule has 1 N–H and O–H groups in total. The summed E-state index contributed by atoms with van der Waals surface area (Å²) in [4.78, 5) is 4.47. The number of halogens is 1. The van der Waals surface area contributed by atoms with E-state index in [1.54, 1.807) is 6.20 Å². The van der Waals surface area contributed by atoms with Crippen LogP contribution in [0.25, 0.3) is 10.9 Å². The Morgan fingerprint density at radius 2 is 2.20 bits per heavy atom. The van der Waals surface area contributed by atoms with Crippen molar-refractivity contribution in [1.29, 1.82) is 0 Å². The van der Waals surface area contributed by atoms with Gasteiger partial charge in [-0.2, -0.15) is 0 Å². The van der Waals surface area contributed by atoms with Gasteiger partial charge in [0.05, 0.1) is 21.8 Å². The van der Waals surface area contributed by atoms with Crippen molar-refractivity contribution in [3.63, 3.8) is 0 Å².